The normalized spacial score (nSPS) is 11.2. The van der Waals surface area contributed by atoms with Crippen molar-refractivity contribution in [1.29, 1.82) is 0 Å². The van der Waals surface area contributed by atoms with Crippen LogP contribution >= 0.6 is 0 Å². The minimum atomic E-state index is 0.602. The molecule has 0 aliphatic carbocycles. The molecule has 0 bridgehead atoms. The molecule has 2 aromatic carbocycles. The summed E-state index contributed by atoms with van der Waals surface area (Å²) in [5, 5.41) is 7.35. The minimum Gasteiger partial charge on any atom is -0.496 e. The van der Waals surface area contributed by atoms with Crippen LogP contribution < -0.4 is 4.74 Å². The summed E-state index contributed by atoms with van der Waals surface area (Å²) in [5.41, 5.74) is 5.27. The van der Waals surface area contributed by atoms with Gasteiger partial charge in [0.15, 0.2) is 5.65 Å². The molecule has 4 aromatic rings. The Labute approximate surface area is 157 Å². The molecule has 2 heterocycles. The number of hydrogen-bond acceptors (Lipinski definition) is 5. The smallest absolute Gasteiger partial charge is 0.200 e. The van der Waals surface area contributed by atoms with Gasteiger partial charge in [0.2, 0.25) is 0 Å². The molecule has 0 unspecified atom stereocenters. The van der Waals surface area contributed by atoms with Crippen molar-refractivity contribution < 1.29 is 4.74 Å². The first kappa shape index (κ1) is 17.2. The quantitative estimate of drug-likeness (QED) is 0.569. The van der Waals surface area contributed by atoms with Crippen LogP contribution in [0.4, 0.5) is 0 Å². The lowest BCUT2D eigenvalue weighted by Crippen LogP contribution is -2.18. The van der Waals surface area contributed by atoms with Crippen molar-refractivity contribution in [3.63, 3.8) is 0 Å². The van der Waals surface area contributed by atoms with E-state index in [0.717, 1.165) is 34.8 Å². The zero-order valence-corrected chi connectivity index (χ0v) is 15.4. The maximum Gasteiger partial charge on any atom is 0.200 e. The number of aromatic nitrogens is 4. The number of rotatable bonds is 6. The molecular weight excluding hydrogens is 338 g/mol. The second kappa shape index (κ2) is 7.55. The van der Waals surface area contributed by atoms with Crippen molar-refractivity contribution in [3.05, 3.63) is 72.1 Å². The summed E-state index contributed by atoms with van der Waals surface area (Å²) >= 11 is 0. The van der Waals surface area contributed by atoms with E-state index in [1.54, 1.807) is 13.3 Å². The molecule has 0 fully saturated rings. The fourth-order valence-corrected chi connectivity index (χ4v) is 3.17. The maximum absolute atomic E-state index is 5.48. The Hall–Kier alpha value is -3.25. The van der Waals surface area contributed by atoms with Crippen molar-refractivity contribution in [2.24, 2.45) is 0 Å². The molecule has 136 valence electrons. The molecule has 0 atom stereocenters. The van der Waals surface area contributed by atoms with E-state index < -0.39 is 0 Å². The predicted molar refractivity (Wildman–Crippen MR) is 105 cm³/mol. The Morgan fingerprint density at radius 2 is 1.78 bits per heavy atom. The second-order valence-corrected chi connectivity index (χ2v) is 6.49. The SMILES string of the molecule is COc1ccccc1-c1[nH]nc2ncc(CN(C)Cc3ccccc3)nc12. The van der Waals surface area contributed by atoms with Crippen molar-refractivity contribution in [3.8, 4) is 17.0 Å². The topological polar surface area (TPSA) is 66.9 Å². The highest BCUT2D eigenvalue weighted by Gasteiger charge is 2.15. The highest BCUT2D eigenvalue weighted by molar-refractivity contribution is 5.89. The third-order valence-electron chi connectivity index (χ3n) is 4.42. The number of aromatic amines is 1. The zero-order valence-electron chi connectivity index (χ0n) is 15.4. The van der Waals surface area contributed by atoms with Crippen LogP contribution in [-0.4, -0.2) is 39.2 Å². The fraction of sp³-hybridized carbons (Fsp3) is 0.190. The average molecular weight is 359 g/mol. The van der Waals surface area contributed by atoms with Gasteiger partial charge in [-0.25, -0.2) is 9.97 Å². The standard InChI is InChI=1S/C21H21N5O/c1-26(13-15-8-4-3-5-9-15)14-16-12-22-21-20(23-16)19(24-25-21)17-10-6-7-11-18(17)27-2/h3-12H,13-14H2,1-2H3,(H,22,24,25). The van der Waals surface area contributed by atoms with Gasteiger partial charge in [0.05, 0.1) is 24.7 Å². The summed E-state index contributed by atoms with van der Waals surface area (Å²) in [6.45, 7) is 1.56. The number of hydrogen-bond donors (Lipinski definition) is 1. The molecule has 0 amide bonds. The third-order valence-corrected chi connectivity index (χ3v) is 4.42. The largest absolute Gasteiger partial charge is 0.496 e. The second-order valence-electron chi connectivity index (χ2n) is 6.49. The van der Waals surface area contributed by atoms with Crippen molar-refractivity contribution >= 4 is 11.2 Å². The summed E-state index contributed by atoms with van der Waals surface area (Å²) in [4.78, 5) is 11.5. The van der Waals surface area contributed by atoms with Crippen molar-refractivity contribution in [1.82, 2.24) is 25.1 Å². The Morgan fingerprint density at radius 1 is 1.00 bits per heavy atom. The summed E-state index contributed by atoms with van der Waals surface area (Å²) in [5.74, 6) is 0.774. The van der Waals surface area contributed by atoms with E-state index in [1.165, 1.54) is 5.56 Å². The highest BCUT2D eigenvalue weighted by atomic mass is 16.5. The van der Waals surface area contributed by atoms with Crippen molar-refractivity contribution in [2.45, 2.75) is 13.1 Å². The number of fused-ring (bicyclic) bond motifs is 1. The zero-order chi connectivity index (χ0) is 18.6. The molecule has 4 rings (SSSR count). The van der Waals surface area contributed by atoms with Crippen LogP contribution in [0.1, 0.15) is 11.3 Å². The van der Waals surface area contributed by atoms with Gasteiger partial charge in [-0.3, -0.25) is 10.00 Å². The van der Waals surface area contributed by atoms with Crippen LogP contribution in [0.25, 0.3) is 22.4 Å². The molecule has 0 aliphatic heterocycles. The van der Waals surface area contributed by atoms with Gasteiger partial charge in [-0.15, -0.1) is 0 Å². The van der Waals surface area contributed by atoms with E-state index >= 15 is 0 Å². The van der Waals surface area contributed by atoms with Crippen LogP contribution in [0.5, 0.6) is 5.75 Å². The molecular formula is C21H21N5O. The summed E-state index contributed by atoms with van der Waals surface area (Å²) in [7, 11) is 3.74. The molecule has 1 N–H and O–H groups in total. The van der Waals surface area contributed by atoms with Gasteiger partial charge in [0.1, 0.15) is 11.3 Å². The number of nitrogens with zero attached hydrogens (tertiary/aromatic N) is 4. The van der Waals surface area contributed by atoms with Crippen LogP contribution in [0, 0.1) is 0 Å². The maximum atomic E-state index is 5.48. The molecule has 0 spiro atoms. The molecule has 0 radical (unpaired) electrons. The van der Waals surface area contributed by atoms with Gasteiger partial charge in [0.25, 0.3) is 0 Å². The number of methoxy groups -OCH3 is 1. The molecule has 0 aliphatic rings. The van der Waals surface area contributed by atoms with Crippen molar-refractivity contribution in [2.75, 3.05) is 14.2 Å². The number of para-hydroxylation sites is 1. The van der Waals surface area contributed by atoms with Gasteiger partial charge in [-0.1, -0.05) is 42.5 Å². The predicted octanol–water partition coefficient (Wildman–Crippen LogP) is 3.66. The summed E-state index contributed by atoms with van der Waals surface area (Å²) < 4.78 is 5.48. The molecule has 27 heavy (non-hydrogen) atoms. The Morgan fingerprint density at radius 3 is 2.59 bits per heavy atom. The van der Waals surface area contributed by atoms with Gasteiger partial charge in [-0.2, -0.15) is 5.10 Å². The first-order chi connectivity index (χ1) is 13.2. The van der Waals surface area contributed by atoms with Crippen LogP contribution in [0.3, 0.4) is 0 Å². The Kier molecular flexibility index (Phi) is 4.80. The first-order valence-electron chi connectivity index (χ1n) is 8.80. The Bertz CT molecular complexity index is 1040. The van der Waals surface area contributed by atoms with Crippen LogP contribution in [0.2, 0.25) is 0 Å². The molecule has 0 saturated heterocycles. The van der Waals surface area contributed by atoms with Gasteiger partial charge in [0, 0.05) is 18.7 Å². The van der Waals surface area contributed by atoms with Crippen LogP contribution in [-0.2, 0) is 13.1 Å². The molecule has 0 saturated carbocycles. The van der Waals surface area contributed by atoms with E-state index in [-0.39, 0.29) is 0 Å². The monoisotopic (exact) mass is 359 g/mol. The Balaban J connectivity index is 1.62. The van der Waals surface area contributed by atoms with Gasteiger partial charge < -0.3 is 4.74 Å². The first-order valence-corrected chi connectivity index (χ1v) is 8.80. The van der Waals surface area contributed by atoms with Crippen LogP contribution in [0.15, 0.2) is 60.8 Å². The number of nitrogens with one attached hydrogen (secondary N) is 1. The van der Waals surface area contributed by atoms with E-state index in [1.807, 2.05) is 30.3 Å². The molecule has 2 aromatic heterocycles. The van der Waals surface area contributed by atoms with Gasteiger partial charge >= 0.3 is 0 Å². The van der Waals surface area contributed by atoms with Gasteiger partial charge in [-0.05, 0) is 24.7 Å². The average Bonchev–Trinajstić information content (AvgIpc) is 3.11. The number of H-pyrrole nitrogens is 1. The number of ether oxygens (including phenoxy) is 1. The lowest BCUT2D eigenvalue weighted by Gasteiger charge is -2.16. The number of benzene rings is 2. The fourth-order valence-electron chi connectivity index (χ4n) is 3.17. The molecule has 6 nitrogen and oxygen atoms in total. The van der Waals surface area contributed by atoms with E-state index in [9.17, 15) is 0 Å². The minimum absolute atomic E-state index is 0.602. The summed E-state index contributed by atoms with van der Waals surface area (Å²) in [6.07, 6.45) is 1.79. The highest BCUT2D eigenvalue weighted by Crippen LogP contribution is 2.31. The van der Waals surface area contributed by atoms with E-state index in [0.29, 0.717) is 12.2 Å². The third kappa shape index (κ3) is 3.66. The molecule has 6 heteroatoms. The van der Waals surface area contributed by atoms with E-state index in [2.05, 4.69) is 51.4 Å². The lowest BCUT2D eigenvalue weighted by molar-refractivity contribution is 0.315. The lowest BCUT2D eigenvalue weighted by atomic mass is 10.1. The summed E-state index contributed by atoms with van der Waals surface area (Å²) in [6, 6.07) is 18.2. The van der Waals surface area contributed by atoms with E-state index in [4.69, 9.17) is 9.72 Å².